The molecule has 1 aliphatic heterocycles. The second-order valence-electron chi connectivity index (χ2n) is 5.83. The van der Waals surface area contributed by atoms with Gasteiger partial charge in [-0.2, -0.15) is 4.72 Å². The summed E-state index contributed by atoms with van der Waals surface area (Å²) in [6.07, 6.45) is 0.203. The third kappa shape index (κ3) is 2.61. The molecule has 0 aliphatic carbocycles. The van der Waals surface area contributed by atoms with Crippen molar-refractivity contribution in [1.82, 2.24) is 4.72 Å². The zero-order chi connectivity index (χ0) is 17.4. The second kappa shape index (κ2) is 6.03. The Hall–Kier alpha value is -2.18. The highest BCUT2D eigenvalue weighted by molar-refractivity contribution is 7.90. The van der Waals surface area contributed by atoms with E-state index in [1.807, 2.05) is 31.2 Å². The van der Waals surface area contributed by atoms with E-state index in [2.05, 4.69) is 4.72 Å². The summed E-state index contributed by atoms with van der Waals surface area (Å²) in [5, 5.41) is 0. The Kier molecular flexibility index (Phi) is 4.19. The van der Waals surface area contributed by atoms with Gasteiger partial charge in [-0.25, -0.2) is 13.2 Å². The number of carbonyl (C=O) groups is 1. The predicted molar refractivity (Wildman–Crippen MR) is 90.0 cm³/mol. The van der Waals surface area contributed by atoms with E-state index in [0.29, 0.717) is 5.56 Å². The van der Waals surface area contributed by atoms with Gasteiger partial charge in [0, 0.05) is 12.0 Å². The first-order valence-electron chi connectivity index (χ1n) is 7.76. The lowest BCUT2D eigenvalue weighted by Gasteiger charge is -2.27. The first-order valence-corrected chi connectivity index (χ1v) is 9.24. The molecule has 24 heavy (non-hydrogen) atoms. The lowest BCUT2D eigenvalue weighted by Crippen LogP contribution is -2.49. The number of benzene rings is 2. The lowest BCUT2D eigenvalue weighted by atomic mass is 9.83. The maximum Gasteiger partial charge on any atom is 0.332 e. The Morgan fingerprint density at radius 3 is 2.50 bits per heavy atom. The standard InChI is InChI=1S/C18H19NO4S/c1-3-23-17(20)18(12-14-9-5-4-8-13(14)2)15-10-6-7-11-16(15)24(21,22)19-18/h4-11,19H,3,12H2,1-2H3/t18-/m1/s1. The molecule has 1 heterocycles. The number of esters is 1. The molecule has 0 amide bonds. The highest BCUT2D eigenvalue weighted by Gasteiger charge is 2.53. The molecule has 3 rings (SSSR count). The quantitative estimate of drug-likeness (QED) is 0.863. The largest absolute Gasteiger partial charge is 0.464 e. The first kappa shape index (κ1) is 16.7. The van der Waals surface area contributed by atoms with Gasteiger partial charge in [0.25, 0.3) is 0 Å². The molecule has 2 aromatic rings. The normalized spacial score (nSPS) is 21.2. The van der Waals surface area contributed by atoms with Crippen LogP contribution in [0.25, 0.3) is 0 Å². The molecular weight excluding hydrogens is 326 g/mol. The third-order valence-corrected chi connectivity index (χ3v) is 5.84. The third-order valence-electron chi connectivity index (χ3n) is 4.29. The van der Waals surface area contributed by atoms with Crippen LogP contribution in [0, 0.1) is 6.92 Å². The van der Waals surface area contributed by atoms with Gasteiger partial charge in [-0.1, -0.05) is 42.5 Å². The number of carbonyl (C=O) groups excluding carboxylic acids is 1. The van der Waals surface area contributed by atoms with E-state index in [9.17, 15) is 13.2 Å². The molecule has 0 saturated heterocycles. The van der Waals surface area contributed by atoms with Gasteiger partial charge >= 0.3 is 5.97 Å². The summed E-state index contributed by atoms with van der Waals surface area (Å²) in [6, 6.07) is 14.2. The zero-order valence-corrected chi connectivity index (χ0v) is 14.4. The summed E-state index contributed by atoms with van der Waals surface area (Å²) >= 11 is 0. The summed E-state index contributed by atoms with van der Waals surface area (Å²) in [5.41, 5.74) is 0.888. The van der Waals surface area contributed by atoms with E-state index in [1.54, 1.807) is 25.1 Å². The van der Waals surface area contributed by atoms with Crippen LogP contribution in [0.3, 0.4) is 0 Å². The van der Waals surface area contributed by atoms with Crippen molar-refractivity contribution in [3.8, 4) is 0 Å². The number of aryl methyl sites for hydroxylation is 1. The van der Waals surface area contributed by atoms with Crippen molar-refractivity contribution in [3.05, 3.63) is 65.2 Å². The fourth-order valence-electron chi connectivity index (χ4n) is 3.10. The monoisotopic (exact) mass is 345 g/mol. The van der Waals surface area contributed by atoms with Crippen molar-refractivity contribution in [3.63, 3.8) is 0 Å². The SMILES string of the molecule is CCOC(=O)[C@]1(Cc2ccccc2C)NS(=O)(=O)c2ccccc21. The first-order chi connectivity index (χ1) is 11.4. The van der Waals surface area contributed by atoms with Gasteiger partial charge in [-0.3, -0.25) is 0 Å². The van der Waals surface area contributed by atoms with E-state index in [4.69, 9.17) is 4.74 Å². The number of hydrogen-bond donors (Lipinski definition) is 1. The summed E-state index contributed by atoms with van der Waals surface area (Å²) in [5.74, 6) is -0.582. The van der Waals surface area contributed by atoms with Gasteiger partial charge in [-0.15, -0.1) is 0 Å². The maximum absolute atomic E-state index is 12.8. The minimum absolute atomic E-state index is 0.131. The highest BCUT2D eigenvalue weighted by Crippen LogP contribution is 2.39. The molecule has 0 fully saturated rings. The van der Waals surface area contributed by atoms with Crippen LogP contribution in [0.2, 0.25) is 0 Å². The minimum atomic E-state index is -3.76. The zero-order valence-electron chi connectivity index (χ0n) is 13.6. The Morgan fingerprint density at radius 2 is 1.79 bits per heavy atom. The van der Waals surface area contributed by atoms with E-state index < -0.39 is 21.5 Å². The van der Waals surface area contributed by atoms with Crippen LogP contribution < -0.4 is 4.72 Å². The molecular formula is C18H19NO4S. The van der Waals surface area contributed by atoms with Crippen molar-refractivity contribution >= 4 is 16.0 Å². The molecule has 1 atom stereocenters. The van der Waals surface area contributed by atoms with Crippen LogP contribution in [-0.4, -0.2) is 21.0 Å². The van der Waals surface area contributed by atoms with Crippen LogP contribution in [0.4, 0.5) is 0 Å². The van der Waals surface area contributed by atoms with E-state index >= 15 is 0 Å². The number of ether oxygens (including phenoxy) is 1. The highest BCUT2D eigenvalue weighted by atomic mass is 32.2. The molecule has 0 spiro atoms. The number of hydrogen-bond acceptors (Lipinski definition) is 4. The van der Waals surface area contributed by atoms with Gasteiger partial charge in [0.1, 0.15) is 0 Å². The minimum Gasteiger partial charge on any atom is -0.464 e. The molecule has 2 aromatic carbocycles. The van der Waals surface area contributed by atoms with Crippen LogP contribution in [-0.2, 0) is 31.5 Å². The number of nitrogens with one attached hydrogen (secondary N) is 1. The van der Waals surface area contributed by atoms with Gasteiger partial charge in [-0.05, 0) is 31.0 Å². The molecule has 126 valence electrons. The van der Waals surface area contributed by atoms with Crippen molar-refractivity contribution < 1.29 is 17.9 Å². The fourth-order valence-corrected chi connectivity index (χ4v) is 4.72. The Morgan fingerprint density at radius 1 is 1.12 bits per heavy atom. The molecule has 0 aromatic heterocycles. The van der Waals surface area contributed by atoms with Crippen LogP contribution in [0.15, 0.2) is 53.4 Å². The van der Waals surface area contributed by atoms with Gasteiger partial charge in [0.05, 0.1) is 11.5 Å². The van der Waals surface area contributed by atoms with Crippen LogP contribution in [0.5, 0.6) is 0 Å². The van der Waals surface area contributed by atoms with Gasteiger partial charge < -0.3 is 4.74 Å². The van der Waals surface area contributed by atoms with Crippen molar-refractivity contribution in [2.75, 3.05) is 6.61 Å². The van der Waals surface area contributed by atoms with Crippen molar-refractivity contribution in [2.24, 2.45) is 0 Å². The summed E-state index contributed by atoms with van der Waals surface area (Å²) in [4.78, 5) is 12.9. The molecule has 0 saturated carbocycles. The van der Waals surface area contributed by atoms with E-state index in [0.717, 1.165) is 11.1 Å². The average Bonchev–Trinajstić information content (AvgIpc) is 2.79. The average molecular weight is 345 g/mol. The number of fused-ring (bicyclic) bond motifs is 1. The molecule has 5 nitrogen and oxygen atoms in total. The van der Waals surface area contributed by atoms with E-state index in [1.165, 1.54) is 6.07 Å². The second-order valence-corrected chi connectivity index (χ2v) is 7.48. The van der Waals surface area contributed by atoms with Crippen LogP contribution >= 0.6 is 0 Å². The molecule has 0 bridgehead atoms. The maximum atomic E-state index is 12.8. The number of rotatable bonds is 4. The molecule has 0 radical (unpaired) electrons. The molecule has 1 aliphatic rings. The summed E-state index contributed by atoms with van der Waals surface area (Å²) in [7, 11) is -3.76. The van der Waals surface area contributed by atoms with Gasteiger partial charge in [0.2, 0.25) is 10.0 Å². The van der Waals surface area contributed by atoms with E-state index in [-0.39, 0.29) is 17.9 Å². The smallest absolute Gasteiger partial charge is 0.332 e. The molecule has 6 heteroatoms. The number of sulfonamides is 1. The Balaban J connectivity index is 2.19. The van der Waals surface area contributed by atoms with Crippen molar-refractivity contribution in [1.29, 1.82) is 0 Å². The van der Waals surface area contributed by atoms with Gasteiger partial charge in [0.15, 0.2) is 5.54 Å². The summed E-state index contributed by atoms with van der Waals surface area (Å²) < 4.78 is 32.9. The predicted octanol–water partition coefficient (Wildman–Crippen LogP) is 2.29. The van der Waals surface area contributed by atoms with Crippen molar-refractivity contribution in [2.45, 2.75) is 30.7 Å². The van der Waals surface area contributed by atoms with Crippen LogP contribution in [0.1, 0.15) is 23.6 Å². The molecule has 0 unspecified atom stereocenters. The topological polar surface area (TPSA) is 72.5 Å². The Bertz CT molecular complexity index is 891. The summed E-state index contributed by atoms with van der Waals surface area (Å²) in [6.45, 7) is 3.82. The lowest BCUT2D eigenvalue weighted by molar-refractivity contribution is -0.150. The Labute approximate surface area is 141 Å². The molecule has 1 N–H and O–H groups in total. The fraction of sp³-hybridized carbons (Fsp3) is 0.278.